The molecule has 3 aromatic rings. The number of nitrogen functional groups attached to an aromatic ring is 1. The summed E-state index contributed by atoms with van der Waals surface area (Å²) in [6.45, 7) is 0. The van der Waals surface area contributed by atoms with Crippen LogP contribution in [0.4, 0.5) is 5.69 Å². The Balaban J connectivity index is 2.22. The Morgan fingerprint density at radius 1 is 1.05 bits per heavy atom. The highest BCUT2D eigenvalue weighted by atomic mass is 16.5. The van der Waals surface area contributed by atoms with Crippen molar-refractivity contribution in [3.63, 3.8) is 0 Å². The number of ether oxygens (including phenoxy) is 1. The van der Waals surface area contributed by atoms with Crippen molar-refractivity contribution >= 4 is 16.6 Å². The standard InChI is InChI=1S/C16H14N2O/c1-19-16-8-7-11(10-14(16)17)12-4-2-6-15-13(12)5-3-9-18-15/h2-10H,17H2,1H3. The number of anilines is 1. The maximum atomic E-state index is 5.97. The van der Waals surface area contributed by atoms with E-state index < -0.39 is 0 Å². The van der Waals surface area contributed by atoms with Crippen LogP contribution >= 0.6 is 0 Å². The fourth-order valence-corrected chi connectivity index (χ4v) is 2.26. The van der Waals surface area contributed by atoms with Gasteiger partial charge in [0.25, 0.3) is 0 Å². The molecule has 3 rings (SSSR count). The minimum Gasteiger partial charge on any atom is -0.495 e. The van der Waals surface area contributed by atoms with Gasteiger partial charge in [0.05, 0.1) is 18.3 Å². The van der Waals surface area contributed by atoms with Gasteiger partial charge in [-0.2, -0.15) is 0 Å². The first-order valence-corrected chi connectivity index (χ1v) is 6.07. The monoisotopic (exact) mass is 250 g/mol. The SMILES string of the molecule is COc1ccc(-c2cccc3ncccc23)cc1N. The van der Waals surface area contributed by atoms with Crippen LogP contribution in [0.1, 0.15) is 0 Å². The number of benzene rings is 2. The third-order valence-electron chi connectivity index (χ3n) is 3.19. The van der Waals surface area contributed by atoms with Crippen molar-refractivity contribution in [1.29, 1.82) is 0 Å². The van der Waals surface area contributed by atoms with E-state index in [2.05, 4.69) is 17.1 Å². The Labute approximate surface area is 111 Å². The molecule has 0 aliphatic rings. The second-order valence-electron chi connectivity index (χ2n) is 4.33. The molecule has 1 heterocycles. The average molecular weight is 250 g/mol. The molecule has 0 unspecified atom stereocenters. The number of nitrogens with zero attached hydrogens (tertiary/aromatic N) is 1. The summed E-state index contributed by atoms with van der Waals surface area (Å²) < 4.78 is 5.19. The predicted molar refractivity (Wildman–Crippen MR) is 78.1 cm³/mol. The summed E-state index contributed by atoms with van der Waals surface area (Å²) in [5.41, 5.74) is 9.78. The zero-order valence-electron chi connectivity index (χ0n) is 10.6. The number of methoxy groups -OCH3 is 1. The van der Waals surface area contributed by atoms with E-state index in [1.165, 1.54) is 0 Å². The van der Waals surface area contributed by atoms with Crippen molar-refractivity contribution in [1.82, 2.24) is 4.98 Å². The highest BCUT2D eigenvalue weighted by molar-refractivity contribution is 5.95. The summed E-state index contributed by atoms with van der Waals surface area (Å²) in [5.74, 6) is 0.696. The van der Waals surface area contributed by atoms with E-state index in [4.69, 9.17) is 10.5 Å². The molecule has 0 amide bonds. The number of hydrogen-bond acceptors (Lipinski definition) is 3. The Kier molecular flexibility index (Phi) is 2.80. The minimum absolute atomic E-state index is 0.640. The van der Waals surface area contributed by atoms with Crippen molar-refractivity contribution in [2.75, 3.05) is 12.8 Å². The summed E-state index contributed by atoms with van der Waals surface area (Å²) in [4.78, 5) is 4.37. The van der Waals surface area contributed by atoms with Gasteiger partial charge in [-0.15, -0.1) is 0 Å². The summed E-state index contributed by atoms with van der Waals surface area (Å²) in [6.07, 6.45) is 1.80. The zero-order valence-corrected chi connectivity index (χ0v) is 10.6. The summed E-state index contributed by atoms with van der Waals surface area (Å²) >= 11 is 0. The Hall–Kier alpha value is -2.55. The van der Waals surface area contributed by atoms with Crippen LogP contribution in [-0.4, -0.2) is 12.1 Å². The molecule has 0 spiro atoms. The Morgan fingerprint density at radius 3 is 2.74 bits per heavy atom. The molecule has 0 saturated carbocycles. The molecule has 94 valence electrons. The first-order valence-electron chi connectivity index (χ1n) is 6.07. The largest absolute Gasteiger partial charge is 0.495 e. The lowest BCUT2D eigenvalue weighted by Gasteiger charge is -2.09. The van der Waals surface area contributed by atoms with E-state index in [1.54, 1.807) is 13.3 Å². The normalized spacial score (nSPS) is 10.6. The highest BCUT2D eigenvalue weighted by Gasteiger charge is 2.06. The lowest BCUT2D eigenvalue weighted by molar-refractivity contribution is 0.417. The number of hydrogen-bond donors (Lipinski definition) is 1. The van der Waals surface area contributed by atoms with Gasteiger partial charge in [0.2, 0.25) is 0 Å². The maximum Gasteiger partial charge on any atom is 0.141 e. The van der Waals surface area contributed by atoms with Crippen molar-refractivity contribution < 1.29 is 4.74 Å². The summed E-state index contributed by atoms with van der Waals surface area (Å²) in [7, 11) is 1.62. The van der Waals surface area contributed by atoms with Gasteiger partial charge in [-0.25, -0.2) is 0 Å². The molecule has 0 saturated heterocycles. The van der Waals surface area contributed by atoms with Crippen LogP contribution in [0, 0.1) is 0 Å². The van der Waals surface area contributed by atoms with E-state index in [1.807, 2.05) is 36.4 Å². The van der Waals surface area contributed by atoms with Crippen molar-refractivity contribution in [3.8, 4) is 16.9 Å². The van der Waals surface area contributed by atoms with Crippen LogP contribution < -0.4 is 10.5 Å². The quantitative estimate of drug-likeness (QED) is 0.708. The fraction of sp³-hybridized carbons (Fsp3) is 0.0625. The van der Waals surface area contributed by atoms with Crippen LogP contribution in [0.25, 0.3) is 22.0 Å². The van der Waals surface area contributed by atoms with Crippen LogP contribution in [-0.2, 0) is 0 Å². The highest BCUT2D eigenvalue weighted by Crippen LogP contribution is 2.32. The predicted octanol–water partition coefficient (Wildman–Crippen LogP) is 3.49. The van der Waals surface area contributed by atoms with Gasteiger partial charge in [0, 0.05) is 11.6 Å². The molecular formula is C16H14N2O. The molecule has 0 bridgehead atoms. The van der Waals surface area contributed by atoms with E-state index in [0.29, 0.717) is 11.4 Å². The molecule has 2 N–H and O–H groups in total. The average Bonchev–Trinajstić information content (AvgIpc) is 2.46. The summed E-state index contributed by atoms with van der Waals surface area (Å²) in [6, 6.07) is 15.9. The van der Waals surface area contributed by atoms with Crippen LogP contribution in [0.5, 0.6) is 5.75 Å². The third-order valence-corrected chi connectivity index (χ3v) is 3.19. The molecule has 0 fully saturated rings. The third kappa shape index (κ3) is 1.99. The summed E-state index contributed by atoms with van der Waals surface area (Å²) in [5, 5.41) is 1.12. The fourth-order valence-electron chi connectivity index (χ4n) is 2.26. The van der Waals surface area contributed by atoms with Crippen molar-refractivity contribution in [2.24, 2.45) is 0 Å². The second kappa shape index (κ2) is 4.61. The van der Waals surface area contributed by atoms with Crippen molar-refractivity contribution in [3.05, 3.63) is 54.7 Å². The van der Waals surface area contributed by atoms with Gasteiger partial charge in [-0.05, 0) is 35.4 Å². The molecule has 3 nitrogen and oxygen atoms in total. The number of aromatic nitrogens is 1. The van der Waals surface area contributed by atoms with Crippen LogP contribution in [0.15, 0.2) is 54.7 Å². The number of nitrogens with two attached hydrogens (primary N) is 1. The van der Waals surface area contributed by atoms with Crippen LogP contribution in [0.2, 0.25) is 0 Å². The Bertz CT molecular complexity index is 732. The van der Waals surface area contributed by atoms with E-state index in [0.717, 1.165) is 22.0 Å². The molecular weight excluding hydrogens is 236 g/mol. The topological polar surface area (TPSA) is 48.1 Å². The smallest absolute Gasteiger partial charge is 0.141 e. The molecule has 0 aliphatic carbocycles. The number of pyridine rings is 1. The molecule has 19 heavy (non-hydrogen) atoms. The zero-order chi connectivity index (χ0) is 13.2. The van der Waals surface area contributed by atoms with E-state index in [-0.39, 0.29) is 0 Å². The van der Waals surface area contributed by atoms with Gasteiger partial charge < -0.3 is 10.5 Å². The van der Waals surface area contributed by atoms with Gasteiger partial charge in [-0.3, -0.25) is 4.98 Å². The van der Waals surface area contributed by atoms with Crippen molar-refractivity contribution in [2.45, 2.75) is 0 Å². The first kappa shape index (κ1) is 11.5. The van der Waals surface area contributed by atoms with Gasteiger partial charge in [0.15, 0.2) is 0 Å². The molecule has 0 aliphatic heterocycles. The minimum atomic E-state index is 0.640. The van der Waals surface area contributed by atoms with Gasteiger partial charge in [0.1, 0.15) is 5.75 Å². The Morgan fingerprint density at radius 2 is 1.95 bits per heavy atom. The van der Waals surface area contributed by atoms with Gasteiger partial charge in [-0.1, -0.05) is 24.3 Å². The van der Waals surface area contributed by atoms with Crippen LogP contribution in [0.3, 0.4) is 0 Å². The number of rotatable bonds is 2. The van der Waals surface area contributed by atoms with Gasteiger partial charge >= 0.3 is 0 Å². The lowest BCUT2D eigenvalue weighted by atomic mass is 10.00. The lowest BCUT2D eigenvalue weighted by Crippen LogP contribution is -1.93. The molecule has 2 aromatic carbocycles. The second-order valence-corrected chi connectivity index (χ2v) is 4.33. The maximum absolute atomic E-state index is 5.97. The molecule has 3 heteroatoms. The van der Waals surface area contributed by atoms with E-state index in [9.17, 15) is 0 Å². The number of fused-ring (bicyclic) bond motifs is 1. The molecule has 0 radical (unpaired) electrons. The first-order chi connectivity index (χ1) is 9.29. The molecule has 1 aromatic heterocycles. The van der Waals surface area contributed by atoms with E-state index >= 15 is 0 Å². The molecule has 0 atom stereocenters.